The molecule has 2 aromatic carbocycles. The molecule has 1 aliphatic rings. The van der Waals surface area contributed by atoms with Crippen LogP contribution in [0.4, 0.5) is 5.82 Å². The number of nitrogens with zero attached hydrogens (tertiary/aromatic N) is 2. The molecule has 0 saturated heterocycles. The second-order valence-electron chi connectivity index (χ2n) is 6.71. The first kappa shape index (κ1) is 18.9. The van der Waals surface area contributed by atoms with E-state index in [1.54, 1.807) is 23.6 Å². The number of fused-ring (bicyclic) bond motifs is 1. The van der Waals surface area contributed by atoms with Gasteiger partial charge >= 0.3 is 0 Å². The van der Waals surface area contributed by atoms with E-state index in [9.17, 15) is 4.79 Å². The lowest BCUT2D eigenvalue weighted by Crippen LogP contribution is -2.15. The molecule has 1 N–H and O–H groups in total. The fourth-order valence-corrected chi connectivity index (χ4v) is 4.70. The van der Waals surface area contributed by atoms with Gasteiger partial charge in [-0.25, -0.2) is 4.68 Å². The molecule has 1 aliphatic heterocycles. The predicted molar refractivity (Wildman–Crippen MR) is 114 cm³/mol. The van der Waals surface area contributed by atoms with E-state index in [0.717, 1.165) is 33.8 Å². The van der Waals surface area contributed by atoms with E-state index < -0.39 is 0 Å². The molecule has 2 heterocycles. The minimum absolute atomic E-state index is 0.0290. The third-order valence-corrected chi connectivity index (χ3v) is 6.48. The number of hydrogen-bond acceptors (Lipinski definition) is 4. The van der Waals surface area contributed by atoms with Crippen molar-refractivity contribution in [2.45, 2.75) is 19.1 Å². The zero-order valence-electron chi connectivity index (χ0n) is 15.8. The first-order valence-electron chi connectivity index (χ1n) is 8.89. The second kappa shape index (κ2) is 7.53. The fourth-order valence-electron chi connectivity index (χ4n) is 3.35. The van der Waals surface area contributed by atoms with Gasteiger partial charge in [0.2, 0.25) is 5.91 Å². The molecule has 1 unspecified atom stereocenters. The van der Waals surface area contributed by atoms with Crippen molar-refractivity contribution in [3.63, 3.8) is 0 Å². The van der Waals surface area contributed by atoms with Gasteiger partial charge in [0.1, 0.15) is 11.6 Å². The van der Waals surface area contributed by atoms with Crippen LogP contribution < -0.4 is 10.1 Å². The Hall–Kier alpha value is -2.44. The van der Waals surface area contributed by atoms with Gasteiger partial charge in [-0.05, 0) is 49.2 Å². The second-order valence-corrected chi connectivity index (χ2v) is 8.21. The van der Waals surface area contributed by atoms with Gasteiger partial charge in [0, 0.05) is 10.6 Å². The summed E-state index contributed by atoms with van der Waals surface area (Å²) in [6.45, 7) is 3.93. The summed E-state index contributed by atoms with van der Waals surface area (Å²) in [5, 5.41) is 8.40. The molecule has 144 valence electrons. The van der Waals surface area contributed by atoms with Gasteiger partial charge < -0.3 is 10.1 Å². The normalized spacial score (nSPS) is 16.3. The molecule has 0 saturated carbocycles. The number of aryl methyl sites for hydroxylation is 2. The van der Waals surface area contributed by atoms with Crippen LogP contribution in [0.5, 0.6) is 5.75 Å². The van der Waals surface area contributed by atoms with Crippen LogP contribution in [0.2, 0.25) is 5.02 Å². The van der Waals surface area contributed by atoms with Crippen LogP contribution in [0.1, 0.15) is 27.6 Å². The molecule has 5 nitrogen and oxygen atoms in total. The summed E-state index contributed by atoms with van der Waals surface area (Å²) >= 11 is 7.91. The molecule has 0 radical (unpaired) electrons. The molecule has 0 bridgehead atoms. The molecule has 7 heteroatoms. The van der Waals surface area contributed by atoms with Gasteiger partial charge in [-0.3, -0.25) is 4.79 Å². The van der Waals surface area contributed by atoms with E-state index in [0.29, 0.717) is 16.6 Å². The summed E-state index contributed by atoms with van der Waals surface area (Å²) in [5.41, 5.74) is 4.76. The summed E-state index contributed by atoms with van der Waals surface area (Å²) in [7, 11) is 1.65. The Morgan fingerprint density at radius 2 is 2.07 bits per heavy atom. The number of carbonyl (C=O) groups is 1. The van der Waals surface area contributed by atoms with Gasteiger partial charge in [0.05, 0.1) is 29.5 Å². The SMILES string of the molecule is COc1cccc(C2SCC(=O)Nc3c2c(C)nn3-c2ccc(C)c(Cl)c2)c1. The van der Waals surface area contributed by atoms with Gasteiger partial charge in [-0.1, -0.05) is 29.8 Å². The van der Waals surface area contributed by atoms with Gasteiger partial charge in [0.25, 0.3) is 0 Å². The van der Waals surface area contributed by atoms with Crippen molar-refractivity contribution in [1.82, 2.24) is 9.78 Å². The van der Waals surface area contributed by atoms with Crippen LogP contribution in [-0.4, -0.2) is 28.6 Å². The lowest BCUT2D eigenvalue weighted by molar-refractivity contribution is -0.113. The molecule has 1 atom stereocenters. The number of nitrogens with one attached hydrogen (secondary N) is 1. The average molecular weight is 414 g/mol. The first-order valence-corrected chi connectivity index (χ1v) is 10.3. The molecule has 3 aromatic rings. The van der Waals surface area contributed by atoms with E-state index in [1.165, 1.54) is 0 Å². The van der Waals surface area contributed by atoms with Crippen molar-refractivity contribution in [3.8, 4) is 11.4 Å². The molecule has 1 aromatic heterocycles. The van der Waals surface area contributed by atoms with E-state index in [1.807, 2.05) is 50.2 Å². The largest absolute Gasteiger partial charge is 0.497 e. The van der Waals surface area contributed by atoms with E-state index in [2.05, 4.69) is 11.4 Å². The van der Waals surface area contributed by atoms with E-state index >= 15 is 0 Å². The van der Waals surface area contributed by atoms with Crippen LogP contribution >= 0.6 is 23.4 Å². The van der Waals surface area contributed by atoms with Crippen molar-refractivity contribution >= 4 is 35.1 Å². The molecule has 28 heavy (non-hydrogen) atoms. The average Bonchev–Trinajstić information content (AvgIpc) is 2.89. The predicted octanol–water partition coefficient (Wildman–Crippen LogP) is 4.93. The molecule has 0 spiro atoms. The number of aromatic nitrogens is 2. The fraction of sp³-hybridized carbons (Fsp3) is 0.238. The number of halogens is 1. The summed E-state index contributed by atoms with van der Waals surface area (Å²) in [6, 6.07) is 13.7. The van der Waals surface area contributed by atoms with Crippen molar-refractivity contribution in [1.29, 1.82) is 0 Å². The highest BCUT2D eigenvalue weighted by Crippen LogP contribution is 2.44. The third-order valence-electron chi connectivity index (χ3n) is 4.80. The summed E-state index contributed by atoms with van der Waals surface area (Å²) in [4.78, 5) is 12.4. The number of hydrogen-bond donors (Lipinski definition) is 1. The van der Waals surface area contributed by atoms with Crippen molar-refractivity contribution in [3.05, 3.63) is 69.9 Å². The number of thioether (sulfide) groups is 1. The number of ether oxygens (including phenoxy) is 1. The highest BCUT2D eigenvalue weighted by Gasteiger charge is 2.30. The Morgan fingerprint density at radius 3 is 2.82 bits per heavy atom. The summed E-state index contributed by atoms with van der Waals surface area (Å²) in [5.74, 6) is 1.81. The number of carbonyl (C=O) groups excluding carboxylic acids is 1. The monoisotopic (exact) mass is 413 g/mol. The van der Waals surface area contributed by atoms with Gasteiger partial charge in [-0.2, -0.15) is 5.10 Å². The van der Waals surface area contributed by atoms with Crippen molar-refractivity contribution in [2.24, 2.45) is 0 Å². The van der Waals surface area contributed by atoms with Crippen LogP contribution in [0, 0.1) is 13.8 Å². The first-order chi connectivity index (χ1) is 13.5. The third kappa shape index (κ3) is 3.38. The molecule has 0 aliphatic carbocycles. The molecular formula is C21H20ClN3O2S. The zero-order valence-corrected chi connectivity index (χ0v) is 17.4. The Balaban J connectivity index is 1.88. The Labute approximate surface area is 173 Å². The Morgan fingerprint density at radius 1 is 1.25 bits per heavy atom. The lowest BCUT2D eigenvalue weighted by atomic mass is 10.0. The summed E-state index contributed by atoms with van der Waals surface area (Å²) in [6.07, 6.45) is 0. The molecule has 4 rings (SSSR count). The van der Waals surface area contributed by atoms with Gasteiger partial charge in [-0.15, -0.1) is 11.8 Å². The summed E-state index contributed by atoms with van der Waals surface area (Å²) < 4.78 is 7.16. The minimum Gasteiger partial charge on any atom is -0.497 e. The standard InChI is InChI=1S/C21H20ClN3O2S/c1-12-7-8-15(10-17(12)22)25-21-19(13(2)24-25)20(28-11-18(26)23-21)14-5-4-6-16(9-14)27-3/h4-10,20H,11H2,1-3H3,(H,23,26). The molecule has 0 fully saturated rings. The van der Waals surface area contributed by atoms with Gasteiger partial charge in [0.15, 0.2) is 0 Å². The smallest absolute Gasteiger partial charge is 0.235 e. The number of benzene rings is 2. The number of amides is 1. The van der Waals surface area contributed by atoms with Crippen LogP contribution in [0.15, 0.2) is 42.5 Å². The quantitative estimate of drug-likeness (QED) is 0.661. The molecule has 1 amide bonds. The number of anilines is 1. The highest BCUT2D eigenvalue weighted by atomic mass is 35.5. The van der Waals surface area contributed by atoms with Crippen LogP contribution in [-0.2, 0) is 4.79 Å². The maximum Gasteiger partial charge on any atom is 0.235 e. The lowest BCUT2D eigenvalue weighted by Gasteiger charge is -2.16. The highest BCUT2D eigenvalue weighted by molar-refractivity contribution is 8.00. The Bertz CT molecular complexity index is 1060. The van der Waals surface area contributed by atoms with Crippen LogP contribution in [0.25, 0.3) is 5.69 Å². The van der Waals surface area contributed by atoms with Crippen molar-refractivity contribution < 1.29 is 9.53 Å². The Kier molecular flexibility index (Phi) is 5.08. The molecular weight excluding hydrogens is 394 g/mol. The number of methoxy groups -OCH3 is 1. The van der Waals surface area contributed by atoms with E-state index in [4.69, 9.17) is 21.4 Å². The van der Waals surface area contributed by atoms with E-state index in [-0.39, 0.29) is 11.2 Å². The maximum absolute atomic E-state index is 12.4. The maximum atomic E-state index is 12.4. The topological polar surface area (TPSA) is 56.1 Å². The number of rotatable bonds is 3. The zero-order chi connectivity index (χ0) is 19.8. The minimum atomic E-state index is -0.0454. The van der Waals surface area contributed by atoms with Crippen molar-refractivity contribution in [2.75, 3.05) is 18.2 Å². The van der Waals surface area contributed by atoms with Crippen LogP contribution in [0.3, 0.4) is 0 Å².